The molecule has 3 heterocycles. The molecule has 28 heavy (non-hydrogen) atoms. The Morgan fingerprint density at radius 1 is 1.14 bits per heavy atom. The van der Waals surface area contributed by atoms with Gasteiger partial charge in [0.1, 0.15) is 5.58 Å². The van der Waals surface area contributed by atoms with Crippen LogP contribution in [0.3, 0.4) is 0 Å². The van der Waals surface area contributed by atoms with Crippen molar-refractivity contribution in [2.24, 2.45) is 0 Å². The van der Waals surface area contributed by atoms with Gasteiger partial charge in [-0.25, -0.2) is 4.79 Å². The monoisotopic (exact) mass is 399 g/mol. The molecule has 7 heteroatoms. The van der Waals surface area contributed by atoms with Crippen LogP contribution in [0.2, 0.25) is 0 Å². The second kappa shape index (κ2) is 8.43. The Morgan fingerprint density at radius 2 is 1.89 bits per heavy atom. The zero-order chi connectivity index (χ0) is 19.5. The number of para-hydroxylation sites is 1. The van der Waals surface area contributed by atoms with Gasteiger partial charge in [0.15, 0.2) is 0 Å². The minimum atomic E-state index is -0.393. The van der Waals surface area contributed by atoms with Gasteiger partial charge in [-0.05, 0) is 37.7 Å². The number of likely N-dealkylation sites (N-methyl/N-ethyl adjacent to an activating group) is 1. The fourth-order valence-corrected chi connectivity index (χ4v) is 4.77. The molecule has 1 aromatic carbocycles. The number of amides is 1. The molecular weight excluding hydrogens is 374 g/mol. The summed E-state index contributed by atoms with van der Waals surface area (Å²) in [5.41, 5.74) is 0.159. The third-order valence-electron chi connectivity index (χ3n) is 5.36. The molecule has 1 saturated heterocycles. The fourth-order valence-electron chi connectivity index (χ4n) is 3.67. The second-order valence-electron chi connectivity index (χ2n) is 7.12. The lowest BCUT2D eigenvalue weighted by Crippen LogP contribution is -2.46. The molecule has 0 spiro atoms. The maximum atomic E-state index is 12.5. The van der Waals surface area contributed by atoms with Crippen LogP contribution in [0.15, 0.2) is 39.5 Å². The van der Waals surface area contributed by atoms with Crippen molar-refractivity contribution in [2.45, 2.75) is 13.3 Å². The summed E-state index contributed by atoms with van der Waals surface area (Å²) in [7, 11) is 0. The lowest BCUT2D eigenvalue weighted by atomic mass is 10.2. The van der Waals surface area contributed by atoms with Gasteiger partial charge in [-0.3, -0.25) is 4.79 Å². The SMILES string of the molecule is CCN1CCN(CCCNC(=O)c2cc3c(=O)oc4ccccc4c3s2)CC1. The number of hydrogen-bond acceptors (Lipinski definition) is 6. The highest BCUT2D eigenvalue weighted by Gasteiger charge is 2.17. The summed E-state index contributed by atoms with van der Waals surface area (Å²) in [4.78, 5) is 30.2. The van der Waals surface area contributed by atoms with Crippen LogP contribution in [0.1, 0.15) is 23.0 Å². The molecule has 0 bridgehead atoms. The van der Waals surface area contributed by atoms with Gasteiger partial charge in [0.25, 0.3) is 5.91 Å². The number of fused-ring (bicyclic) bond motifs is 3. The van der Waals surface area contributed by atoms with E-state index in [0.717, 1.165) is 55.8 Å². The molecule has 1 aliphatic rings. The van der Waals surface area contributed by atoms with Crippen molar-refractivity contribution in [3.8, 4) is 0 Å². The Balaban J connectivity index is 1.36. The van der Waals surface area contributed by atoms with Gasteiger partial charge < -0.3 is 19.5 Å². The normalized spacial score (nSPS) is 16.0. The van der Waals surface area contributed by atoms with Crippen LogP contribution >= 0.6 is 11.3 Å². The lowest BCUT2D eigenvalue weighted by Gasteiger charge is -2.33. The molecule has 1 N–H and O–H groups in total. The third kappa shape index (κ3) is 3.97. The highest BCUT2D eigenvalue weighted by atomic mass is 32.1. The van der Waals surface area contributed by atoms with E-state index < -0.39 is 5.63 Å². The van der Waals surface area contributed by atoms with E-state index in [1.54, 1.807) is 12.1 Å². The van der Waals surface area contributed by atoms with Crippen LogP contribution in [0.5, 0.6) is 0 Å². The predicted octanol–water partition coefficient (Wildman–Crippen LogP) is 2.77. The number of nitrogens with one attached hydrogen (secondary N) is 1. The minimum Gasteiger partial charge on any atom is -0.422 e. The standard InChI is InChI=1S/C21H25N3O3S/c1-2-23-10-12-24(13-11-23)9-5-8-22-20(25)18-14-16-19(28-18)15-6-3-4-7-17(15)27-21(16)26/h3-4,6-7,14H,2,5,8-13H2,1H3,(H,22,25). The van der Waals surface area contributed by atoms with E-state index in [1.807, 2.05) is 18.2 Å². The van der Waals surface area contributed by atoms with Crippen molar-refractivity contribution < 1.29 is 9.21 Å². The highest BCUT2D eigenvalue weighted by molar-refractivity contribution is 7.21. The quantitative estimate of drug-likeness (QED) is 0.510. The Labute approximate surface area is 167 Å². The van der Waals surface area contributed by atoms with E-state index in [2.05, 4.69) is 22.0 Å². The van der Waals surface area contributed by atoms with Gasteiger partial charge in [0, 0.05) is 38.1 Å². The van der Waals surface area contributed by atoms with E-state index in [4.69, 9.17) is 4.42 Å². The van der Waals surface area contributed by atoms with Gasteiger partial charge in [0.2, 0.25) is 0 Å². The molecule has 4 rings (SSSR count). The maximum absolute atomic E-state index is 12.5. The summed E-state index contributed by atoms with van der Waals surface area (Å²) >= 11 is 1.35. The smallest absolute Gasteiger partial charge is 0.345 e. The van der Waals surface area contributed by atoms with Crippen molar-refractivity contribution in [3.05, 3.63) is 45.6 Å². The fraction of sp³-hybridized carbons (Fsp3) is 0.429. The summed E-state index contributed by atoms with van der Waals surface area (Å²) in [6, 6.07) is 9.08. The largest absolute Gasteiger partial charge is 0.422 e. The number of hydrogen-bond donors (Lipinski definition) is 1. The van der Waals surface area contributed by atoms with Gasteiger partial charge in [0.05, 0.1) is 15.0 Å². The number of piperazine rings is 1. The molecule has 2 aromatic heterocycles. The van der Waals surface area contributed by atoms with Crippen LogP contribution in [0.25, 0.3) is 21.1 Å². The van der Waals surface area contributed by atoms with Crippen LogP contribution in [0.4, 0.5) is 0 Å². The number of nitrogens with zero attached hydrogens (tertiary/aromatic N) is 2. The van der Waals surface area contributed by atoms with Crippen LogP contribution in [-0.2, 0) is 0 Å². The van der Waals surface area contributed by atoms with Gasteiger partial charge in [-0.15, -0.1) is 11.3 Å². The number of carbonyl (C=O) groups is 1. The first kappa shape index (κ1) is 19.1. The zero-order valence-corrected chi connectivity index (χ0v) is 16.9. The number of rotatable bonds is 6. The van der Waals surface area contributed by atoms with Crippen molar-refractivity contribution in [1.29, 1.82) is 0 Å². The first-order valence-electron chi connectivity index (χ1n) is 9.84. The molecule has 1 amide bonds. The summed E-state index contributed by atoms with van der Waals surface area (Å²) < 4.78 is 6.17. The molecule has 0 radical (unpaired) electrons. The summed E-state index contributed by atoms with van der Waals surface area (Å²) in [5.74, 6) is -0.125. The summed E-state index contributed by atoms with van der Waals surface area (Å²) in [5, 5.41) is 4.33. The topological polar surface area (TPSA) is 65.8 Å². The Bertz CT molecular complexity index is 1030. The second-order valence-corrected chi connectivity index (χ2v) is 8.18. The summed E-state index contributed by atoms with van der Waals surface area (Å²) in [6.45, 7) is 9.40. The number of carbonyl (C=O) groups excluding carboxylic acids is 1. The molecule has 3 aromatic rings. The minimum absolute atomic E-state index is 0.125. The molecular formula is C21H25N3O3S. The number of benzene rings is 1. The average Bonchev–Trinajstić information content (AvgIpc) is 3.18. The van der Waals surface area contributed by atoms with Crippen molar-refractivity contribution in [1.82, 2.24) is 15.1 Å². The maximum Gasteiger partial charge on any atom is 0.345 e. The third-order valence-corrected chi connectivity index (χ3v) is 6.53. The van der Waals surface area contributed by atoms with Crippen molar-refractivity contribution >= 4 is 38.3 Å². The van der Waals surface area contributed by atoms with E-state index in [-0.39, 0.29) is 5.91 Å². The van der Waals surface area contributed by atoms with Crippen LogP contribution in [0, 0.1) is 0 Å². The molecule has 1 aliphatic heterocycles. The molecule has 0 saturated carbocycles. The molecule has 1 fully saturated rings. The van der Waals surface area contributed by atoms with Gasteiger partial charge >= 0.3 is 5.63 Å². The molecule has 148 valence electrons. The zero-order valence-electron chi connectivity index (χ0n) is 16.1. The Kier molecular flexibility index (Phi) is 5.75. The van der Waals surface area contributed by atoms with E-state index in [1.165, 1.54) is 11.3 Å². The van der Waals surface area contributed by atoms with Crippen molar-refractivity contribution in [3.63, 3.8) is 0 Å². The number of thiophene rings is 1. The van der Waals surface area contributed by atoms with E-state index in [9.17, 15) is 9.59 Å². The first-order chi connectivity index (χ1) is 13.7. The summed E-state index contributed by atoms with van der Waals surface area (Å²) in [6.07, 6.45) is 0.924. The van der Waals surface area contributed by atoms with E-state index in [0.29, 0.717) is 22.4 Å². The first-order valence-corrected chi connectivity index (χ1v) is 10.7. The van der Waals surface area contributed by atoms with Crippen molar-refractivity contribution in [2.75, 3.05) is 45.8 Å². The van der Waals surface area contributed by atoms with Gasteiger partial charge in [-0.2, -0.15) is 0 Å². The molecule has 0 unspecified atom stereocenters. The van der Waals surface area contributed by atoms with E-state index >= 15 is 0 Å². The van der Waals surface area contributed by atoms with Crippen LogP contribution in [-0.4, -0.2) is 61.5 Å². The van der Waals surface area contributed by atoms with Gasteiger partial charge in [-0.1, -0.05) is 19.1 Å². The Morgan fingerprint density at radius 3 is 2.68 bits per heavy atom. The molecule has 6 nitrogen and oxygen atoms in total. The highest BCUT2D eigenvalue weighted by Crippen LogP contribution is 2.30. The predicted molar refractivity (Wildman–Crippen MR) is 113 cm³/mol. The molecule has 0 aliphatic carbocycles. The lowest BCUT2D eigenvalue weighted by molar-refractivity contribution is 0.0952. The van der Waals surface area contributed by atoms with Crippen LogP contribution < -0.4 is 10.9 Å². The molecule has 0 atom stereocenters. The Hall–Kier alpha value is -2.22. The average molecular weight is 400 g/mol.